The second-order valence-electron chi connectivity index (χ2n) is 6.18. The molecule has 1 amide bonds. The third-order valence-corrected chi connectivity index (χ3v) is 4.40. The van der Waals surface area contributed by atoms with Gasteiger partial charge in [0.05, 0.1) is 29.6 Å². The fourth-order valence-electron chi connectivity index (χ4n) is 3.09. The van der Waals surface area contributed by atoms with Crippen LogP contribution in [0.1, 0.15) is 18.5 Å². The van der Waals surface area contributed by atoms with Crippen molar-refractivity contribution >= 4 is 22.9 Å². The lowest BCUT2D eigenvalue weighted by molar-refractivity contribution is -0.121. The van der Waals surface area contributed by atoms with E-state index >= 15 is 0 Å². The number of hydrogen-bond donors (Lipinski definition) is 1. The van der Waals surface area contributed by atoms with Crippen LogP contribution in [-0.2, 0) is 17.9 Å². The molecule has 25 heavy (non-hydrogen) atoms. The number of amides is 1. The van der Waals surface area contributed by atoms with Crippen LogP contribution in [0.3, 0.4) is 0 Å². The van der Waals surface area contributed by atoms with E-state index in [1.165, 1.54) is 12.8 Å². The second kappa shape index (κ2) is 6.88. The Hall–Kier alpha value is -2.96. The maximum atomic E-state index is 12.3. The molecule has 0 unspecified atom stereocenters. The summed E-state index contributed by atoms with van der Waals surface area (Å²) in [6.07, 6.45) is 5.82. The van der Waals surface area contributed by atoms with Gasteiger partial charge in [-0.3, -0.25) is 4.79 Å². The van der Waals surface area contributed by atoms with Gasteiger partial charge in [-0.05, 0) is 31.0 Å². The van der Waals surface area contributed by atoms with Gasteiger partial charge in [0.25, 0.3) is 0 Å². The predicted octanol–water partition coefficient (Wildman–Crippen LogP) is 1.74. The lowest BCUT2D eigenvalue weighted by Gasteiger charge is -2.15. The molecule has 1 saturated heterocycles. The highest BCUT2D eigenvalue weighted by Crippen LogP contribution is 2.15. The van der Waals surface area contributed by atoms with Crippen LogP contribution < -0.4 is 10.2 Å². The first kappa shape index (κ1) is 15.6. The van der Waals surface area contributed by atoms with Crippen LogP contribution >= 0.6 is 0 Å². The lowest BCUT2D eigenvalue weighted by atomic mass is 10.3. The third-order valence-electron chi connectivity index (χ3n) is 4.40. The van der Waals surface area contributed by atoms with Crippen molar-refractivity contribution in [3.63, 3.8) is 0 Å². The summed E-state index contributed by atoms with van der Waals surface area (Å²) in [7, 11) is 0. The zero-order chi connectivity index (χ0) is 17.1. The van der Waals surface area contributed by atoms with Gasteiger partial charge in [-0.2, -0.15) is 0 Å². The molecule has 0 radical (unpaired) electrons. The molecule has 7 heteroatoms. The summed E-state index contributed by atoms with van der Waals surface area (Å²) >= 11 is 0. The molecule has 0 atom stereocenters. The molecule has 7 nitrogen and oxygen atoms in total. The predicted molar refractivity (Wildman–Crippen MR) is 95.1 cm³/mol. The SMILES string of the molecule is O=C(Cn1cnc2ccccc21)NCc1ccnc(N2CCCC2)n1. The number of hydrogen-bond acceptors (Lipinski definition) is 5. The molecule has 128 valence electrons. The van der Waals surface area contributed by atoms with Crippen molar-refractivity contribution in [2.24, 2.45) is 0 Å². The first-order chi connectivity index (χ1) is 12.3. The summed E-state index contributed by atoms with van der Waals surface area (Å²) < 4.78 is 1.85. The fraction of sp³-hybridized carbons (Fsp3) is 0.333. The lowest BCUT2D eigenvalue weighted by Crippen LogP contribution is -2.28. The fourth-order valence-corrected chi connectivity index (χ4v) is 3.09. The van der Waals surface area contributed by atoms with Gasteiger partial charge >= 0.3 is 0 Å². The van der Waals surface area contributed by atoms with Crippen LogP contribution in [0.25, 0.3) is 11.0 Å². The summed E-state index contributed by atoms with van der Waals surface area (Å²) in [5.41, 5.74) is 2.66. The van der Waals surface area contributed by atoms with Crippen molar-refractivity contribution < 1.29 is 4.79 Å². The normalized spacial score (nSPS) is 14.2. The highest BCUT2D eigenvalue weighted by molar-refractivity contribution is 5.80. The maximum Gasteiger partial charge on any atom is 0.240 e. The number of carbonyl (C=O) groups is 1. The van der Waals surface area contributed by atoms with Gasteiger partial charge in [0.15, 0.2) is 0 Å². The number of carbonyl (C=O) groups excluding carboxylic acids is 1. The third kappa shape index (κ3) is 3.45. The smallest absolute Gasteiger partial charge is 0.240 e. The minimum absolute atomic E-state index is 0.0653. The van der Waals surface area contributed by atoms with E-state index in [1.54, 1.807) is 12.5 Å². The van der Waals surface area contributed by atoms with E-state index in [0.29, 0.717) is 6.54 Å². The van der Waals surface area contributed by atoms with Crippen LogP contribution in [-0.4, -0.2) is 38.5 Å². The van der Waals surface area contributed by atoms with Crippen LogP contribution in [0.2, 0.25) is 0 Å². The van der Waals surface area contributed by atoms with Gasteiger partial charge in [0, 0.05) is 19.3 Å². The quantitative estimate of drug-likeness (QED) is 0.768. The number of imidazole rings is 1. The molecule has 3 aromatic rings. The molecule has 3 heterocycles. The van der Waals surface area contributed by atoms with E-state index in [-0.39, 0.29) is 12.5 Å². The maximum absolute atomic E-state index is 12.3. The van der Waals surface area contributed by atoms with E-state index in [0.717, 1.165) is 35.8 Å². The Morgan fingerprint density at radius 3 is 2.84 bits per heavy atom. The van der Waals surface area contributed by atoms with Crippen molar-refractivity contribution in [2.75, 3.05) is 18.0 Å². The molecule has 1 N–H and O–H groups in total. The molecular weight excluding hydrogens is 316 g/mol. The summed E-state index contributed by atoms with van der Waals surface area (Å²) in [5.74, 6) is 0.689. The molecule has 1 fully saturated rings. The molecule has 1 aliphatic heterocycles. The second-order valence-corrected chi connectivity index (χ2v) is 6.18. The van der Waals surface area contributed by atoms with E-state index < -0.39 is 0 Å². The highest BCUT2D eigenvalue weighted by Gasteiger charge is 2.15. The van der Waals surface area contributed by atoms with Crippen molar-refractivity contribution in [3.8, 4) is 0 Å². The number of anilines is 1. The Morgan fingerprint density at radius 2 is 1.96 bits per heavy atom. The molecule has 2 aromatic heterocycles. The topological polar surface area (TPSA) is 75.9 Å². The standard InChI is InChI=1S/C18H20N6O/c25-17(12-24-13-21-15-5-1-2-6-16(15)24)20-11-14-7-8-19-18(22-14)23-9-3-4-10-23/h1-2,5-8,13H,3-4,9-12H2,(H,20,25). The summed E-state index contributed by atoms with van der Waals surface area (Å²) in [6.45, 7) is 2.65. The van der Waals surface area contributed by atoms with Crippen molar-refractivity contribution in [3.05, 3.63) is 48.5 Å². The number of benzene rings is 1. The molecular formula is C18H20N6O. The average molecular weight is 336 g/mol. The monoisotopic (exact) mass is 336 g/mol. The van der Waals surface area contributed by atoms with Gasteiger partial charge in [-0.1, -0.05) is 12.1 Å². The molecule has 0 spiro atoms. The number of aromatic nitrogens is 4. The number of fused-ring (bicyclic) bond motifs is 1. The molecule has 0 aliphatic carbocycles. The Morgan fingerprint density at radius 1 is 1.12 bits per heavy atom. The molecule has 4 rings (SSSR count). The van der Waals surface area contributed by atoms with Crippen molar-refractivity contribution in [2.45, 2.75) is 25.9 Å². The van der Waals surface area contributed by atoms with E-state index in [4.69, 9.17) is 0 Å². The molecule has 0 saturated carbocycles. The number of rotatable bonds is 5. The van der Waals surface area contributed by atoms with Crippen molar-refractivity contribution in [1.29, 1.82) is 0 Å². The van der Waals surface area contributed by atoms with E-state index in [1.807, 2.05) is 34.9 Å². The van der Waals surface area contributed by atoms with Gasteiger partial charge in [0.1, 0.15) is 6.54 Å². The van der Waals surface area contributed by atoms with Gasteiger partial charge in [-0.15, -0.1) is 0 Å². The first-order valence-corrected chi connectivity index (χ1v) is 8.53. The zero-order valence-electron chi connectivity index (χ0n) is 13.9. The van der Waals surface area contributed by atoms with Crippen LogP contribution in [0.4, 0.5) is 5.95 Å². The van der Waals surface area contributed by atoms with E-state index in [9.17, 15) is 4.79 Å². The highest BCUT2D eigenvalue weighted by atomic mass is 16.1. The number of nitrogens with one attached hydrogen (secondary N) is 1. The Labute approximate surface area is 145 Å². The Bertz CT molecular complexity index is 884. The molecule has 1 aliphatic rings. The Kier molecular flexibility index (Phi) is 4.28. The average Bonchev–Trinajstić information content (AvgIpc) is 3.31. The summed E-state index contributed by atoms with van der Waals surface area (Å²) in [5, 5.41) is 2.92. The van der Waals surface area contributed by atoms with Crippen LogP contribution in [0.5, 0.6) is 0 Å². The van der Waals surface area contributed by atoms with Crippen molar-refractivity contribution in [1.82, 2.24) is 24.8 Å². The number of nitrogens with zero attached hydrogens (tertiary/aromatic N) is 5. The van der Waals surface area contributed by atoms with Gasteiger partial charge in [0.2, 0.25) is 11.9 Å². The zero-order valence-corrected chi connectivity index (χ0v) is 13.9. The Balaban J connectivity index is 1.38. The summed E-state index contributed by atoms with van der Waals surface area (Å²) in [4.78, 5) is 27.6. The van der Waals surface area contributed by atoms with Gasteiger partial charge in [-0.25, -0.2) is 15.0 Å². The molecule has 1 aromatic carbocycles. The van der Waals surface area contributed by atoms with Crippen LogP contribution in [0, 0.1) is 0 Å². The van der Waals surface area contributed by atoms with Gasteiger partial charge < -0.3 is 14.8 Å². The first-order valence-electron chi connectivity index (χ1n) is 8.53. The largest absolute Gasteiger partial charge is 0.349 e. The van der Waals surface area contributed by atoms with E-state index in [2.05, 4.69) is 25.2 Å². The summed E-state index contributed by atoms with van der Waals surface area (Å²) in [6, 6.07) is 9.62. The number of para-hydroxylation sites is 2. The molecule has 0 bridgehead atoms. The van der Waals surface area contributed by atoms with Crippen LogP contribution in [0.15, 0.2) is 42.9 Å². The minimum atomic E-state index is -0.0653. The minimum Gasteiger partial charge on any atom is -0.349 e.